The minimum Gasteiger partial charge on any atom is -0.445 e. The number of nitrogens with zero attached hydrogens (tertiary/aromatic N) is 3. The molecule has 1 saturated heterocycles. The number of amides is 1. The highest BCUT2D eigenvalue weighted by molar-refractivity contribution is 7.82. The molecule has 1 aliphatic heterocycles. The van der Waals surface area contributed by atoms with E-state index < -0.39 is 11.0 Å². The highest BCUT2D eigenvalue weighted by Gasteiger charge is 2.34. The molecular formula is C32H41N3O3S2. The molecule has 2 aromatic carbocycles. The van der Waals surface area contributed by atoms with Gasteiger partial charge >= 0.3 is 6.09 Å². The maximum absolute atomic E-state index is 13.1. The second-order valence-corrected chi connectivity index (χ2v) is 13.5. The summed E-state index contributed by atoms with van der Waals surface area (Å²) in [5.74, 6) is 0.952. The molecule has 1 amide bonds. The Morgan fingerprint density at radius 1 is 1.02 bits per heavy atom. The Balaban J connectivity index is 1.13. The maximum atomic E-state index is 13.1. The molecule has 2 atom stereocenters. The molecule has 1 aliphatic carbocycles. The van der Waals surface area contributed by atoms with E-state index in [0.717, 1.165) is 62.4 Å². The molecule has 2 heterocycles. The third-order valence-corrected chi connectivity index (χ3v) is 10.2. The van der Waals surface area contributed by atoms with E-state index in [-0.39, 0.29) is 12.1 Å². The third kappa shape index (κ3) is 8.26. The van der Waals surface area contributed by atoms with Crippen molar-refractivity contribution in [3.63, 3.8) is 0 Å². The highest BCUT2D eigenvalue weighted by atomic mass is 32.2. The van der Waals surface area contributed by atoms with Crippen molar-refractivity contribution >= 4 is 28.4 Å². The minimum atomic E-state index is -1.17. The van der Waals surface area contributed by atoms with Gasteiger partial charge in [0, 0.05) is 39.3 Å². The van der Waals surface area contributed by atoms with E-state index >= 15 is 0 Å². The van der Waals surface area contributed by atoms with Crippen molar-refractivity contribution in [2.45, 2.75) is 55.6 Å². The predicted molar refractivity (Wildman–Crippen MR) is 163 cm³/mol. The molecule has 0 N–H and O–H groups in total. The second-order valence-electron chi connectivity index (χ2n) is 11.1. The van der Waals surface area contributed by atoms with E-state index in [9.17, 15) is 9.00 Å². The summed E-state index contributed by atoms with van der Waals surface area (Å²) in [4.78, 5) is 18.5. The smallest absolute Gasteiger partial charge is 0.410 e. The molecule has 2 aliphatic rings. The number of carbonyl (C=O) groups is 1. The molecular weight excluding hydrogens is 539 g/mol. The van der Waals surface area contributed by atoms with Gasteiger partial charge in [0.05, 0.1) is 4.90 Å². The maximum Gasteiger partial charge on any atom is 0.410 e. The largest absolute Gasteiger partial charge is 0.445 e. The number of benzene rings is 2. The summed E-state index contributed by atoms with van der Waals surface area (Å²) in [5.41, 5.74) is 2.35. The van der Waals surface area contributed by atoms with Crippen LogP contribution < -0.4 is 0 Å². The van der Waals surface area contributed by atoms with E-state index in [2.05, 4.69) is 21.7 Å². The van der Waals surface area contributed by atoms with Crippen molar-refractivity contribution in [1.29, 1.82) is 0 Å². The first-order valence-corrected chi connectivity index (χ1v) is 16.5. The number of hydrogen-bond donors (Lipinski definition) is 0. The molecule has 0 radical (unpaired) electrons. The number of likely N-dealkylation sites (tertiary alicyclic amines) is 1. The first-order valence-electron chi connectivity index (χ1n) is 14.5. The van der Waals surface area contributed by atoms with Gasteiger partial charge in [-0.2, -0.15) is 11.3 Å². The van der Waals surface area contributed by atoms with Crippen LogP contribution >= 0.6 is 11.3 Å². The lowest BCUT2D eigenvalue weighted by Gasteiger charge is -2.38. The molecule has 0 bridgehead atoms. The van der Waals surface area contributed by atoms with Gasteiger partial charge in [-0.15, -0.1) is 0 Å². The van der Waals surface area contributed by atoms with Crippen molar-refractivity contribution in [2.75, 3.05) is 39.8 Å². The van der Waals surface area contributed by atoms with Gasteiger partial charge in [0.1, 0.15) is 17.6 Å². The van der Waals surface area contributed by atoms with Crippen LogP contribution in [-0.4, -0.2) is 70.2 Å². The average Bonchev–Trinajstić information content (AvgIpc) is 3.66. The standard InChI is InChI=1S/C32H41N3O3S2/c1-33(40(37)31-10-6-3-7-11-31)23-28(29-17-21-39-25-29)14-18-34-19-15-30(16-20-34)35(22-26-12-13-26)32(36)38-24-27-8-4-2-5-9-27/h2-11,17,21,25-26,28,30H,12-16,18-20,22-24H2,1H3. The first kappa shape index (κ1) is 29.0. The van der Waals surface area contributed by atoms with Gasteiger partial charge < -0.3 is 14.5 Å². The molecule has 40 heavy (non-hydrogen) atoms. The van der Waals surface area contributed by atoms with Crippen LogP contribution in [0.25, 0.3) is 0 Å². The summed E-state index contributed by atoms with van der Waals surface area (Å²) in [6.45, 7) is 4.87. The Labute approximate surface area is 245 Å². The molecule has 6 nitrogen and oxygen atoms in total. The molecule has 2 unspecified atom stereocenters. The van der Waals surface area contributed by atoms with Gasteiger partial charge in [0.15, 0.2) is 0 Å². The van der Waals surface area contributed by atoms with Crippen molar-refractivity contribution < 1.29 is 13.7 Å². The molecule has 214 valence electrons. The highest BCUT2D eigenvalue weighted by Crippen LogP contribution is 2.32. The SMILES string of the molecule is CN(CC(CCN1CCC(N(CC2CC2)C(=O)OCc2ccccc2)CC1)c1ccsc1)S(=O)c1ccccc1. The van der Waals surface area contributed by atoms with E-state index in [4.69, 9.17) is 4.74 Å². The summed E-state index contributed by atoms with van der Waals surface area (Å²) in [6.07, 6.45) is 5.25. The lowest BCUT2D eigenvalue weighted by Crippen LogP contribution is -2.48. The Bertz CT molecular complexity index is 1200. The van der Waals surface area contributed by atoms with E-state index in [1.807, 2.05) is 76.9 Å². The van der Waals surface area contributed by atoms with Gasteiger partial charge in [-0.1, -0.05) is 48.5 Å². The molecule has 1 saturated carbocycles. The van der Waals surface area contributed by atoms with Gasteiger partial charge in [-0.25, -0.2) is 13.3 Å². The van der Waals surface area contributed by atoms with Crippen LogP contribution in [0.4, 0.5) is 4.79 Å². The minimum absolute atomic E-state index is 0.166. The van der Waals surface area contributed by atoms with E-state index in [1.165, 1.54) is 18.4 Å². The van der Waals surface area contributed by atoms with Gasteiger partial charge in [-0.05, 0) is 90.6 Å². The molecule has 3 aromatic rings. The molecule has 2 fully saturated rings. The Kier molecular flexibility index (Phi) is 10.4. The zero-order valence-electron chi connectivity index (χ0n) is 23.4. The number of piperidine rings is 1. The lowest BCUT2D eigenvalue weighted by atomic mass is 9.97. The predicted octanol–water partition coefficient (Wildman–Crippen LogP) is 6.39. The zero-order valence-corrected chi connectivity index (χ0v) is 25.0. The van der Waals surface area contributed by atoms with Crippen LogP contribution in [0, 0.1) is 5.92 Å². The second kappa shape index (κ2) is 14.4. The number of carbonyl (C=O) groups excluding carboxylic acids is 1. The summed E-state index contributed by atoms with van der Waals surface area (Å²) in [5, 5.41) is 4.36. The van der Waals surface area contributed by atoms with Crippen molar-refractivity contribution in [1.82, 2.24) is 14.1 Å². The van der Waals surface area contributed by atoms with Crippen LogP contribution in [0.1, 0.15) is 49.1 Å². The van der Waals surface area contributed by atoms with Crippen LogP contribution in [0.2, 0.25) is 0 Å². The Morgan fingerprint density at radius 2 is 1.73 bits per heavy atom. The Morgan fingerprint density at radius 3 is 2.38 bits per heavy atom. The Hall–Kier alpha value is -2.52. The normalized spacial score (nSPS) is 17.9. The number of ether oxygens (including phenoxy) is 1. The quantitative estimate of drug-likeness (QED) is 0.236. The van der Waals surface area contributed by atoms with E-state index in [1.54, 1.807) is 11.3 Å². The topological polar surface area (TPSA) is 53.1 Å². The van der Waals surface area contributed by atoms with Crippen molar-refractivity contribution in [3.8, 4) is 0 Å². The average molecular weight is 580 g/mol. The lowest BCUT2D eigenvalue weighted by molar-refractivity contribution is 0.0580. The number of hydrogen-bond acceptors (Lipinski definition) is 5. The van der Waals surface area contributed by atoms with Crippen LogP contribution in [0.5, 0.6) is 0 Å². The van der Waals surface area contributed by atoms with Crippen molar-refractivity contribution in [3.05, 3.63) is 88.6 Å². The fraction of sp³-hybridized carbons (Fsp3) is 0.469. The van der Waals surface area contributed by atoms with Crippen molar-refractivity contribution in [2.24, 2.45) is 5.92 Å². The first-order chi connectivity index (χ1) is 19.6. The molecule has 1 aromatic heterocycles. The fourth-order valence-electron chi connectivity index (χ4n) is 5.51. The molecule has 8 heteroatoms. The summed E-state index contributed by atoms with van der Waals surface area (Å²) < 4.78 is 20.8. The fourth-order valence-corrected chi connectivity index (χ4v) is 7.32. The summed E-state index contributed by atoms with van der Waals surface area (Å²) >= 11 is 1.72. The third-order valence-electron chi connectivity index (χ3n) is 8.10. The molecule has 5 rings (SSSR count). The van der Waals surface area contributed by atoms with Gasteiger partial charge in [-0.3, -0.25) is 0 Å². The number of likely N-dealkylation sites (N-methyl/N-ethyl adjacent to an activating group) is 1. The number of thiophene rings is 1. The van der Waals surface area contributed by atoms with Crippen LogP contribution in [0.15, 0.2) is 82.4 Å². The monoisotopic (exact) mass is 579 g/mol. The summed E-state index contributed by atoms with van der Waals surface area (Å²) in [6, 6.07) is 22.1. The van der Waals surface area contributed by atoms with Crippen LogP contribution in [-0.2, 0) is 22.3 Å². The van der Waals surface area contributed by atoms with Crippen LogP contribution in [0.3, 0.4) is 0 Å². The number of rotatable bonds is 13. The summed E-state index contributed by atoms with van der Waals surface area (Å²) in [7, 11) is 0.784. The van der Waals surface area contributed by atoms with E-state index in [0.29, 0.717) is 18.4 Å². The van der Waals surface area contributed by atoms with Gasteiger partial charge in [0.2, 0.25) is 0 Å². The van der Waals surface area contributed by atoms with Gasteiger partial charge in [0.25, 0.3) is 0 Å². The zero-order chi connectivity index (χ0) is 27.7. The molecule has 0 spiro atoms.